The number of aromatic nitrogens is 4. The summed E-state index contributed by atoms with van der Waals surface area (Å²) in [6.45, 7) is 14.5. The maximum absolute atomic E-state index is 14.0. The van der Waals surface area contributed by atoms with Gasteiger partial charge in [-0.2, -0.15) is 0 Å². The fraction of sp³-hybridized carbons (Fsp3) is 0.456. The summed E-state index contributed by atoms with van der Waals surface area (Å²) in [7, 11) is 6.12. The SMILES string of the molecule is COC[C@@H]1CC(C(=O)OCc2ccccc2)[C@H](c2ncc(-c3ccc4c(c3)COc3cc5c(cc3-4)CCC3=C5CC([C@@H]4CC[C@H](C)N4C(=O)[C@@H](NC(=O)OC)C(C)C)=N3)[nH]2)C1.COC[C@@H]1CC[C@H](c2ncc(-c3ccc4c(c3)COc3cc5c6c(ccc5cc3-4)N=C([C@@H]3CC[C@H](C)N3C(=O)[C@@H](NC(=O)OC)C(C)C)C6)[nH]2)C1. The minimum Gasteiger partial charge on any atom is -0.488 e. The van der Waals surface area contributed by atoms with Crippen molar-refractivity contribution >= 4 is 63.4 Å². The molecule has 6 aliphatic heterocycles. The van der Waals surface area contributed by atoms with Crippen LogP contribution in [0.1, 0.15) is 169 Å². The number of hydrogen-bond acceptors (Lipinski definition) is 16. The number of carbonyl (C=O) groups is 5. The number of esters is 1. The Hall–Kier alpha value is -10.5. The second-order valence-corrected chi connectivity index (χ2v) is 32.8. The Morgan fingerprint density at radius 3 is 1.79 bits per heavy atom. The molecule has 2 saturated heterocycles. The Balaban J connectivity index is 0.000000172. The second-order valence-electron chi connectivity index (χ2n) is 32.8. The number of aryl methyl sites for hydroxylation is 1. The molecule has 0 bridgehead atoms. The number of H-pyrrole nitrogens is 2. The number of ether oxygens (including phenoxy) is 7. The van der Waals surface area contributed by atoms with Crippen LogP contribution in [-0.4, -0.2) is 149 Å². The third-order valence-corrected chi connectivity index (χ3v) is 25.0. The molecule has 6 aromatic carbocycles. The number of allylic oxidation sites excluding steroid dienone is 2. The average Bonchev–Trinajstić information content (AvgIpc) is 1.44. The first-order chi connectivity index (χ1) is 54.3. The van der Waals surface area contributed by atoms with E-state index in [1.165, 1.54) is 48.5 Å². The number of nitrogens with one attached hydrogen (secondary N) is 4. The van der Waals surface area contributed by atoms with E-state index in [1.54, 1.807) is 14.2 Å². The normalized spacial score (nSPS) is 22.9. The maximum Gasteiger partial charge on any atom is 0.407 e. The molecule has 4 N–H and O–H groups in total. The maximum atomic E-state index is 14.0. The second kappa shape index (κ2) is 32.0. The van der Waals surface area contributed by atoms with Gasteiger partial charge in [-0.05, 0) is 223 Å². The highest BCUT2D eigenvalue weighted by Gasteiger charge is 2.47. The molecule has 22 heteroatoms. The van der Waals surface area contributed by atoms with Gasteiger partial charge in [-0.15, -0.1) is 0 Å². The molecule has 3 aliphatic carbocycles. The summed E-state index contributed by atoms with van der Waals surface area (Å²) in [6.07, 6.45) is 14.1. The van der Waals surface area contributed by atoms with Gasteiger partial charge >= 0.3 is 18.2 Å². The lowest BCUT2D eigenvalue weighted by molar-refractivity contribution is -0.150. The highest BCUT2D eigenvalue weighted by molar-refractivity contribution is 6.08. The summed E-state index contributed by atoms with van der Waals surface area (Å²) in [4.78, 5) is 96.7. The highest BCUT2D eigenvalue weighted by atomic mass is 16.5. The van der Waals surface area contributed by atoms with E-state index < -0.39 is 24.3 Å². The number of amides is 4. The molecule has 4 fully saturated rings. The lowest BCUT2D eigenvalue weighted by Crippen LogP contribution is -2.55. The molecule has 8 heterocycles. The molecular formula is C90H102N10O12. The summed E-state index contributed by atoms with van der Waals surface area (Å²) in [6, 6.07) is 34.5. The number of alkyl carbamates (subject to hydrolysis) is 2. The summed E-state index contributed by atoms with van der Waals surface area (Å²) in [5.41, 5.74) is 20.7. The molecule has 584 valence electrons. The van der Waals surface area contributed by atoms with Gasteiger partial charge in [0.05, 0.1) is 61.7 Å². The summed E-state index contributed by atoms with van der Waals surface area (Å²) in [5.74, 6) is 3.97. The zero-order valence-corrected chi connectivity index (χ0v) is 65.8. The van der Waals surface area contributed by atoms with Gasteiger partial charge in [0, 0.05) is 92.4 Å². The molecule has 11 atom stereocenters. The molecule has 2 saturated carbocycles. The molecular weight excluding hydrogens is 1410 g/mol. The minimum atomic E-state index is -0.678. The number of likely N-dealkylation sites (tertiary alicyclic amines) is 2. The van der Waals surface area contributed by atoms with E-state index in [9.17, 15) is 24.0 Å². The van der Waals surface area contributed by atoms with Gasteiger partial charge in [-0.1, -0.05) is 88.4 Å². The third kappa shape index (κ3) is 14.8. The van der Waals surface area contributed by atoms with Crippen molar-refractivity contribution in [2.45, 2.75) is 193 Å². The van der Waals surface area contributed by atoms with Crippen LogP contribution < -0.4 is 20.1 Å². The quantitative estimate of drug-likeness (QED) is 0.0433. The van der Waals surface area contributed by atoms with Crippen molar-refractivity contribution < 1.29 is 57.1 Å². The molecule has 9 aliphatic rings. The Morgan fingerprint density at radius 2 is 1.17 bits per heavy atom. The minimum absolute atomic E-state index is 0.0387. The van der Waals surface area contributed by atoms with E-state index in [1.807, 2.05) is 80.2 Å². The van der Waals surface area contributed by atoms with Gasteiger partial charge in [-0.25, -0.2) is 19.6 Å². The molecule has 17 rings (SSSR count). The lowest BCUT2D eigenvalue weighted by atomic mass is 9.83. The van der Waals surface area contributed by atoms with E-state index in [0.717, 1.165) is 177 Å². The van der Waals surface area contributed by atoms with Gasteiger partial charge in [0.2, 0.25) is 11.8 Å². The Kier molecular flexibility index (Phi) is 21.6. The molecule has 8 aromatic rings. The molecule has 0 spiro atoms. The first-order valence-electron chi connectivity index (χ1n) is 40.1. The summed E-state index contributed by atoms with van der Waals surface area (Å²) < 4.78 is 39.3. The van der Waals surface area contributed by atoms with Gasteiger partial charge < -0.3 is 63.6 Å². The molecule has 112 heavy (non-hydrogen) atoms. The fourth-order valence-corrected chi connectivity index (χ4v) is 19.2. The van der Waals surface area contributed by atoms with Crippen molar-refractivity contribution in [1.29, 1.82) is 0 Å². The van der Waals surface area contributed by atoms with Crippen molar-refractivity contribution in [3.05, 3.63) is 166 Å². The van der Waals surface area contributed by atoms with Gasteiger partial charge in [0.1, 0.15) is 55.1 Å². The van der Waals surface area contributed by atoms with Crippen LogP contribution in [-0.2, 0) is 70.7 Å². The molecule has 22 nitrogen and oxygen atoms in total. The number of rotatable bonds is 19. The number of aromatic amines is 2. The third-order valence-electron chi connectivity index (χ3n) is 25.0. The van der Waals surface area contributed by atoms with Crippen LogP contribution >= 0.6 is 0 Å². The van der Waals surface area contributed by atoms with Gasteiger partial charge in [0.15, 0.2) is 0 Å². The number of aliphatic imine (C=N–C) groups is 2. The highest BCUT2D eigenvalue weighted by Crippen LogP contribution is 2.51. The summed E-state index contributed by atoms with van der Waals surface area (Å²) >= 11 is 0. The Bertz CT molecular complexity index is 5060. The average molecular weight is 1520 g/mol. The molecule has 4 amide bonds. The fourth-order valence-electron chi connectivity index (χ4n) is 19.2. The molecule has 0 radical (unpaired) electrons. The van der Waals surface area contributed by atoms with Crippen molar-refractivity contribution in [2.75, 3.05) is 41.7 Å². The zero-order valence-electron chi connectivity index (χ0n) is 65.8. The predicted molar refractivity (Wildman–Crippen MR) is 429 cm³/mol. The van der Waals surface area contributed by atoms with Crippen LogP contribution in [0.3, 0.4) is 0 Å². The first kappa shape index (κ1) is 75.6. The first-order valence-corrected chi connectivity index (χ1v) is 40.1. The van der Waals surface area contributed by atoms with Crippen LogP contribution in [0.2, 0.25) is 0 Å². The Labute approximate surface area is 654 Å². The van der Waals surface area contributed by atoms with Crippen LogP contribution in [0.5, 0.6) is 11.5 Å². The largest absolute Gasteiger partial charge is 0.488 e. The van der Waals surface area contributed by atoms with Crippen LogP contribution in [0, 0.1) is 29.6 Å². The number of carbonyl (C=O) groups excluding carboxylic acids is 5. The number of fused-ring (bicyclic) bond motifs is 11. The topological polar surface area (TPSA) is 263 Å². The van der Waals surface area contributed by atoms with E-state index in [4.69, 9.17) is 53.1 Å². The zero-order chi connectivity index (χ0) is 77.8. The van der Waals surface area contributed by atoms with Crippen LogP contribution in [0.4, 0.5) is 15.3 Å². The number of imidazole rings is 2. The smallest absolute Gasteiger partial charge is 0.407 e. The monoisotopic (exact) mass is 1510 g/mol. The molecule has 2 aromatic heterocycles. The number of benzene rings is 6. The summed E-state index contributed by atoms with van der Waals surface area (Å²) in [5, 5.41) is 7.81. The number of hydrogen-bond donors (Lipinski definition) is 4. The Morgan fingerprint density at radius 1 is 0.571 bits per heavy atom. The lowest BCUT2D eigenvalue weighted by Gasteiger charge is -2.34. The van der Waals surface area contributed by atoms with E-state index in [-0.39, 0.29) is 78.1 Å². The number of nitrogens with zero attached hydrogens (tertiary/aromatic N) is 6. The molecule has 1 unspecified atom stereocenters. The van der Waals surface area contributed by atoms with Crippen molar-refractivity contribution in [1.82, 2.24) is 40.4 Å². The van der Waals surface area contributed by atoms with E-state index in [2.05, 4.69) is 107 Å². The van der Waals surface area contributed by atoms with E-state index >= 15 is 0 Å². The van der Waals surface area contributed by atoms with E-state index in [0.29, 0.717) is 50.9 Å². The van der Waals surface area contributed by atoms with Gasteiger partial charge in [0.25, 0.3) is 0 Å². The van der Waals surface area contributed by atoms with Crippen LogP contribution in [0.15, 0.2) is 131 Å². The van der Waals surface area contributed by atoms with Gasteiger partial charge in [-0.3, -0.25) is 24.4 Å². The van der Waals surface area contributed by atoms with Crippen molar-refractivity contribution in [2.24, 2.45) is 39.6 Å². The van der Waals surface area contributed by atoms with Crippen molar-refractivity contribution in [3.63, 3.8) is 0 Å². The standard InChI is InChI=1S/C49H55N5O7.C41H47N5O5/c1-27(2)45(53-49(57)59-5)47(55)54-28(3)11-16-43(54)41-21-36-35-22-44-37(20-31(35)13-15-40(36)51-41)34-14-12-32(19-33(34)26-60-44)42-23-50-46(52-42)38-17-30(24-58-4)18-39(38)48(56)61-25-29-9-7-6-8-10-29;1-22(2)38(45-41(48)50-5)40(47)46-23(3)6-13-36(46)34-17-31-30-18-37-32(16-25(30)10-12-33(31)43-34)29-11-9-26(15-28(29)21-51-37)35-19-42-39(44-35)27-8-7-24(14-27)20-49-4/h6-10,12,14,19-20,22-23,27-28,30,38-39,43,45H,11,13,15-18,21,24-26H2,1-5H3,(H,50,52)(H,53,57);9-12,15-16,18-19,22-24,27,36,38H,6-8,13-14,17,20-21H2,1-5H3,(H,42,44)(H,45,48)/t28-,30-,38+,39?,43-,45-;23-,24+,27-,36-,38-/m00/s1. The van der Waals surface area contributed by atoms with Crippen LogP contribution in [0.25, 0.3) is 61.1 Å². The predicted octanol–water partition coefficient (Wildman–Crippen LogP) is 16.1. The number of methoxy groups -OCH3 is 4. The van der Waals surface area contributed by atoms with Crippen molar-refractivity contribution in [3.8, 4) is 56.3 Å².